The maximum absolute atomic E-state index is 13.3. The minimum absolute atomic E-state index is 0.00190. The number of halogens is 3. The normalized spacial score (nSPS) is 11.3. The minimum atomic E-state index is -4.59. The van der Waals surface area contributed by atoms with Gasteiger partial charge in [-0.2, -0.15) is 13.2 Å². The molecule has 0 fully saturated rings. The van der Waals surface area contributed by atoms with Gasteiger partial charge in [-0.25, -0.2) is 14.8 Å². The molecule has 0 bridgehead atoms. The Morgan fingerprint density at radius 2 is 1.70 bits per heavy atom. The van der Waals surface area contributed by atoms with Crippen LogP contribution in [0.3, 0.4) is 0 Å². The fourth-order valence-electron chi connectivity index (χ4n) is 2.65. The Morgan fingerprint density at radius 1 is 1.03 bits per heavy atom. The van der Waals surface area contributed by atoms with Crippen LogP contribution in [0.2, 0.25) is 0 Å². The lowest BCUT2D eigenvalue weighted by Gasteiger charge is -2.20. The van der Waals surface area contributed by atoms with Crippen molar-refractivity contribution in [3.8, 4) is 0 Å². The van der Waals surface area contributed by atoms with Crippen LogP contribution in [0.1, 0.15) is 27.2 Å². The summed E-state index contributed by atoms with van der Waals surface area (Å²) in [6, 6.07) is 16.4. The molecule has 30 heavy (non-hydrogen) atoms. The minimum Gasteiger partial charge on any atom is -0.478 e. The van der Waals surface area contributed by atoms with Crippen molar-refractivity contribution in [2.45, 2.75) is 23.6 Å². The quantitative estimate of drug-likeness (QED) is 0.412. The first-order valence-corrected chi connectivity index (χ1v) is 9.87. The molecule has 0 radical (unpaired) electrons. The number of hydrogen-bond acceptors (Lipinski definition) is 5. The Balaban J connectivity index is 1.80. The maximum atomic E-state index is 13.3. The van der Waals surface area contributed by atoms with Crippen molar-refractivity contribution < 1.29 is 23.1 Å². The number of thioether (sulfide) groups is 1. The van der Waals surface area contributed by atoms with Gasteiger partial charge in [0.2, 0.25) is 0 Å². The molecule has 156 valence electrons. The van der Waals surface area contributed by atoms with Gasteiger partial charge in [0.1, 0.15) is 5.82 Å². The predicted octanol–water partition coefficient (Wildman–Crippen LogP) is 5.12. The van der Waals surface area contributed by atoms with Gasteiger partial charge < -0.3 is 10.0 Å². The number of carboxylic acids is 1. The zero-order chi connectivity index (χ0) is 21.7. The SMILES string of the molecule is CN(Cc1ccccc1)c1cc(C(F)(F)F)nc(SCc2ccc(C(=O)O)cc2)n1. The van der Waals surface area contributed by atoms with E-state index in [0.717, 1.165) is 29.0 Å². The first kappa shape index (κ1) is 21.6. The lowest BCUT2D eigenvalue weighted by atomic mass is 10.1. The van der Waals surface area contributed by atoms with Crippen LogP contribution in [0.5, 0.6) is 0 Å². The number of hydrogen-bond donors (Lipinski definition) is 1. The Hall–Kier alpha value is -3.07. The monoisotopic (exact) mass is 433 g/mol. The Bertz CT molecular complexity index is 1010. The highest BCUT2D eigenvalue weighted by molar-refractivity contribution is 7.98. The molecule has 3 rings (SSSR count). The number of aromatic carboxylic acids is 1. The van der Waals surface area contributed by atoms with Crippen LogP contribution in [0.4, 0.5) is 19.0 Å². The number of nitrogens with zero attached hydrogens (tertiary/aromatic N) is 3. The smallest absolute Gasteiger partial charge is 0.433 e. The van der Waals surface area contributed by atoms with E-state index < -0.39 is 17.8 Å². The van der Waals surface area contributed by atoms with Crippen LogP contribution >= 0.6 is 11.8 Å². The highest BCUT2D eigenvalue weighted by Crippen LogP contribution is 2.32. The van der Waals surface area contributed by atoms with Crippen LogP contribution in [-0.4, -0.2) is 28.1 Å². The summed E-state index contributed by atoms with van der Waals surface area (Å²) in [7, 11) is 1.68. The van der Waals surface area contributed by atoms with E-state index >= 15 is 0 Å². The van der Waals surface area contributed by atoms with Crippen molar-refractivity contribution in [1.29, 1.82) is 0 Å². The Morgan fingerprint density at radius 3 is 2.30 bits per heavy atom. The molecular formula is C21H18F3N3O2S. The fraction of sp³-hybridized carbons (Fsp3) is 0.190. The van der Waals surface area contributed by atoms with Crippen LogP contribution in [-0.2, 0) is 18.5 Å². The van der Waals surface area contributed by atoms with Crippen LogP contribution in [0.25, 0.3) is 0 Å². The van der Waals surface area contributed by atoms with Crippen molar-refractivity contribution in [2.24, 2.45) is 0 Å². The Labute approximate surface area is 175 Å². The van der Waals surface area contributed by atoms with Crippen molar-refractivity contribution in [3.05, 3.63) is 83.0 Å². The van der Waals surface area contributed by atoms with E-state index in [4.69, 9.17) is 5.11 Å². The van der Waals surface area contributed by atoms with Gasteiger partial charge >= 0.3 is 12.1 Å². The van der Waals surface area contributed by atoms with Crippen molar-refractivity contribution in [1.82, 2.24) is 9.97 Å². The van der Waals surface area contributed by atoms with E-state index in [0.29, 0.717) is 12.3 Å². The van der Waals surface area contributed by atoms with E-state index in [9.17, 15) is 18.0 Å². The molecule has 5 nitrogen and oxygen atoms in total. The maximum Gasteiger partial charge on any atom is 0.433 e. The van der Waals surface area contributed by atoms with Crippen LogP contribution in [0, 0.1) is 0 Å². The summed E-state index contributed by atoms with van der Waals surface area (Å²) in [5.41, 5.74) is 0.838. The van der Waals surface area contributed by atoms with Gasteiger partial charge in [0, 0.05) is 25.4 Å². The molecule has 1 aromatic heterocycles. The predicted molar refractivity (Wildman–Crippen MR) is 109 cm³/mol. The van der Waals surface area contributed by atoms with E-state index in [-0.39, 0.29) is 16.5 Å². The molecule has 0 atom stereocenters. The molecule has 0 aliphatic heterocycles. The molecule has 9 heteroatoms. The first-order valence-electron chi connectivity index (χ1n) is 8.89. The van der Waals surface area contributed by atoms with E-state index in [1.807, 2.05) is 30.3 Å². The topological polar surface area (TPSA) is 66.3 Å². The number of benzene rings is 2. The number of carbonyl (C=O) groups is 1. The molecular weight excluding hydrogens is 415 g/mol. The van der Waals surface area contributed by atoms with Crippen LogP contribution < -0.4 is 4.90 Å². The van der Waals surface area contributed by atoms with Gasteiger partial charge in [-0.05, 0) is 23.3 Å². The summed E-state index contributed by atoms with van der Waals surface area (Å²) in [5.74, 6) is -0.560. The summed E-state index contributed by atoms with van der Waals surface area (Å²) in [6.45, 7) is 0.399. The zero-order valence-corrected chi connectivity index (χ0v) is 16.7. The average molecular weight is 433 g/mol. The largest absolute Gasteiger partial charge is 0.478 e. The third-order valence-electron chi connectivity index (χ3n) is 4.21. The van der Waals surface area contributed by atoms with E-state index in [2.05, 4.69) is 9.97 Å². The molecule has 2 aromatic carbocycles. The molecule has 0 saturated heterocycles. The third-order valence-corrected chi connectivity index (χ3v) is 5.12. The highest BCUT2D eigenvalue weighted by Gasteiger charge is 2.34. The third kappa shape index (κ3) is 5.73. The van der Waals surface area contributed by atoms with Crippen molar-refractivity contribution >= 4 is 23.5 Å². The first-order chi connectivity index (χ1) is 14.2. The molecule has 0 aliphatic carbocycles. The van der Waals surface area contributed by atoms with Gasteiger partial charge in [-0.3, -0.25) is 0 Å². The number of carboxylic acid groups (broad SMARTS) is 1. The van der Waals surface area contributed by atoms with E-state index in [1.165, 1.54) is 12.1 Å². The van der Waals surface area contributed by atoms with Gasteiger partial charge in [-0.15, -0.1) is 0 Å². The van der Waals surface area contributed by atoms with Gasteiger partial charge in [0.15, 0.2) is 10.9 Å². The lowest BCUT2D eigenvalue weighted by molar-refractivity contribution is -0.141. The molecule has 0 aliphatic rings. The number of rotatable bonds is 7. The van der Waals surface area contributed by atoms with Gasteiger partial charge in [0.25, 0.3) is 0 Å². The standard InChI is InChI=1S/C21H18F3N3O2S/c1-27(12-14-5-3-2-4-6-14)18-11-17(21(22,23)24)25-20(26-18)30-13-15-7-9-16(10-8-15)19(28)29/h2-11H,12-13H2,1H3,(H,28,29). The van der Waals surface area contributed by atoms with Crippen molar-refractivity contribution in [3.63, 3.8) is 0 Å². The summed E-state index contributed by atoms with van der Waals surface area (Å²) in [6.07, 6.45) is -4.59. The van der Waals surface area contributed by atoms with Gasteiger partial charge in [-0.1, -0.05) is 54.2 Å². The molecule has 0 amide bonds. The summed E-state index contributed by atoms with van der Waals surface area (Å²) in [4.78, 5) is 20.5. The molecule has 3 aromatic rings. The highest BCUT2D eigenvalue weighted by atomic mass is 32.2. The van der Waals surface area contributed by atoms with E-state index in [1.54, 1.807) is 24.1 Å². The average Bonchev–Trinajstić information content (AvgIpc) is 2.72. The zero-order valence-electron chi connectivity index (χ0n) is 15.9. The van der Waals surface area contributed by atoms with Crippen molar-refractivity contribution in [2.75, 3.05) is 11.9 Å². The molecule has 0 spiro atoms. The summed E-state index contributed by atoms with van der Waals surface area (Å²) in [5, 5.41) is 8.94. The number of aromatic nitrogens is 2. The number of anilines is 1. The fourth-order valence-corrected chi connectivity index (χ4v) is 3.46. The number of alkyl halides is 3. The summed E-state index contributed by atoms with van der Waals surface area (Å²) >= 11 is 1.06. The lowest BCUT2D eigenvalue weighted by Crippen LogP contribution is -2.20. The molecule has 1 N–H and O–H groups in total. The molecule has 0 saturated carbocycles. The Kier molecular flexibility index (Phi) is 6.61. The second-order valence-corrected chi connectivity index (χ2v) is 7.47. The molecule has 0 unspecified atom stereocenters. The van der Waals surface area contributed by atoms with Crippen LogP contribution in [0.15, 0.2) is 65.8 Å². The second kappa shape index (κ2) is 9.17. The molecule has 1 heterocycles. The summed E-state index contributed by atoms with van der Waals surface area (Å²) < 4.78 is 40.0. The second-order valence-electron chi connectivity index (χ2n) is 6.52. The van der Waals surface area contributed by atoms with Gasteiger partial charge in [0.05, 0.1) is 5.56 Å².